The number of nitrogens with zero attached hydrogens (tertiary/aromatic N) is 3. The van der Waals surface area contributed by atoms with Gasteiger partial charge in [-0.3, -0.25) is 9.35 Å². The van der Waals surface area contributed by atoms with Gasteiger partial charge in [0.1, 0.15) is 0 Å². The van der Waals surface area contributed by atoms with E-state index < -0.39 is 14.2 Å². The summed E-state index contributed by atoms with van der Waals surface area (Å²) in [5, 5.41) is -0.484. The highest BCUT2D eigenvalue weighted by molar-refractivity contribution is 8.70. The number of benzene rings is 2. The average molecular weight is 536 g/mol. The first-order valence-electron chi connectivity index (χ1n) is 11.2. The maximum absolute atomic E-state index is 12.0. The van der Waals surface area contributed by atoms with Gasteiger partial charge in [0.2, 0.25) is 11.0 Å². The highest BCUT2D eigenvalue weighted by Gasteiger charge is 2.47. The second kappa shape index (κ2) is 10.8. The summed E-state index contributed by atoms with van der Waals surface area (Å²) in [7, 11) is -0.351. The van der Waals surface area contributed by atoms with E-state index in [1.54, 1.807) is 18.8 Å². The second-order valence-corrected chi connectivity index (χ2v) is 13.0. The number of ether oxygens (including phenoxy) is 1. The standard InChI is InChI=1S/C24H29N3O5S3/c1-25(14-5-15-26(2)23(28)18-33-35(29,30)31)20-10-8-19(9-11-20)12-13-24-27(16-17-32-24)21-6-3-4-7-22(21)34-24/h3-4,6-13H,5,14-18H2,1-2H3,(H,29,30,31)/b13-12+. The molecule has 2 aliphatic rings. The zero-order valence-electron chi connectivity index (χ0n) is 19.7. The van der Waals surface area contributed by atoms with Gasteiger partial charge in [0.25, 0.3) is 0 Å². The highest BCUT2D eigenvalue weighted by atomic mass is 33.1. The quantitative estimate of drug-likeness (QED) is 0.360. The molecule has 1 N–H and O–H groups in total. The monoisotopic (exact) mass is 535 g/mol. The van der Waals surface area contributed by atoms with Gasteiger partial charge in [0.05, 0.1) is 18.0 Å². The minimum atomic E-state index is -4.21. The van der Waals surface area contributed by atoms with Gasteiger partial charge in [0.15, 0.2) is 0 Å². The molecule has 0 spiro atoms. The first-order valence-corrected chi connectivity index (χ1v) is 15.0. The van der Waals surface area contributed by atoms with E-state index in [1.165, 1.54) is 15.5 Å². The van der Waals surface area contributed by atoms with Gasteiger partial charge in [0, 0.05) is 55.1 Å². The Bertz CT molecular complexity index is 1190. The third-order valence-electron chi connectivity index (χ3n) is 5.98. The summed E-state index contributed by atoms with van der Waals surface area (Å²) in [6.45, 7) is 2.81. The summed E-state index contributed by atoms with van der Waals surface area (Å²) in [4.78, 5) is 19.1. The lowest BCUT2D eigenvalue weighted by Gasteiger charge is -2.27. The molecule has 2 heterocycles. The fraction of sp³-hybridized carbons (Fsp3) is 0.375. The van der Waals surface area contributed by atoms with Crippen LogP contribution in [0.25, 0.3) is 6.08 Å². The van der Waals surface area contributed by atoms with Crippen LogP contribution in [0.1, 0.15) is 12.0 Å². The Morgan fingerprint density at radius 1 is 1.20 bits per heavy atom. The van der Waals surface area contributed by atoms with E-state index in [9.17, 15) is 13.2 Å². The van der Waals surface area contributed by atoms with Crippen molar-refractivity contribution < 1.29 is 22.5 Å². The first kappa shape index (κ1) is 25.9. The van der Waals surface area contributed by atoms with Gasteiger partial charge < -0.3 is 19.4 Å². The van der Waals surface area contributed by atoms with Crippen molar-refractivity contribution in [3.63, 3.8) is 0 Å². The molecular formula is C24H29N3O5S3. The lowest BCUT2D eigenvalue weighted by Crippen LogP contribution is -2.36. The van der Waals surface area contributed by atoms with Crippen LogP contribution in [0.3, 0.4) is 0 Å². The molecule has 0 aliphatic carbocycles. The van der Waals surface area contributed by atoms with Crippen molar-refractivity contribution in [2.45, 2.75) is 16.4 Å². The van der Waals surface area contributed by atoms with Crippen LogP contribution in [0.2, 0.25) is 0 Å². The summed E-state index contributed by atoms with van der Waals surface area (Å²) in [5.41, 5.74) is 3.38. The number of hydrogen-bond donors (Lipinski definition) is 1. The van der Waals surface area contributed by atoms with Crippen molar-refractivity contribution in [1.29, 1.82) is 0 Å². The number of thioether (sulfide) groups is 1. The van der Waals surface area contributed by atoms with Crippen LogP contribution in [0.15, 0.2) is 59.5 Å². The minimum Gasteiger partial charge on any atom is -0.375 e. The van der Waals surface area contributed by atoms with Crippen LogP contribution in [-0.4, -0.2) is 74.9 Å². The Morgan fingerprint density at radius 3 is 2.69 bits per heavy atom. The van der Waals surface area contributed by atoms with Crippen LogP contribution in [-0.2, 0) is 18.7 Å². The SMILES string of the molecule is CN(CCCN(C)c1ccc(/C=C/C23OCCN2c2ccccc2S3)cc1)C(=O)CSS(=O)(=O)O. The molecule has 1 unspecified atom stereocenters. The van der Waals surface area contributed by atoms with Crippen LogP contribution in [0.5, 0.6) is 0 Å². The van der Waals surface area contributed by atoms with E-state index in [0.29, 0.717) is 13.2 Å². The predicted molar refractivity (Wildman–Crippen MR) is 143 cm³/mol. The number of fused-ring (bicyclic) bond motifs is 3. The molecule has 0 saturated carbocycles. The normalized spacial score (nSPS) is 19.1. The number of carbonyl (C=O) groups excluding carboxylic acids is 1. The minimum absolute atomic E-state index is 0.230. The lowest BCUT2D eigenvalue weighted by atomic mass is 10.1. The van der Waals surface area contributed by atoms with Crippen molar-refractivity contribution in [1.82, 2.24) is 4.90 Å². The number of amides is 1. The average Bonchev–Trinajstić information content (AvgIpc) is 3.37. The van der Waals surface area contributed by atoms with E-state index in [2.05, 4.69) is 70.5 Å². The molecule has 1 fully saturated rings. The zero-order valence-corrected chi connectivity index (χ0v) is 22.1. The Morgan fingerprint density at radius 2 is 1.94 bits per heavy atom. The summed E-state index contributed by atoms with van der Waals surface area (Å²) in [6.07, 6.45) is 4.97. The zero-order chi connectivity index (χ0) is 25.1. The molecule has 0 bridgehead atoms. The molecule has 11 heteroatoms. The first-order chi connectivity index (χ1) is 16.7. The van der Waals surface area contributed by atoms with Crippen molar-refractivity contribution in [2.75, 3.05) is 55.9 Å². The molecule has 0 aromatic heterocycles. The maximum atomic E-state index is 12.0. The summed E-state index contributed by atoms with van der Waals surface area (Å²) >= 11 is 1.74. The topological polar surface area (TPSA) is 90.4 Å². The molecule has 0 radical (unpaired) electrons. The summed E-state index contributed by atoms with van der Waals surface area (Å²) in [5.74, 6) is -0.631. The molecule has 4 rings (SSSR count). The summed E-state index contributed by atoms with van der Waals surface area (Å²) < 4.78 is 36.5. The van der Waals surface area contributed by atoms with Crippen LogP contribution in [0, 0.1) is 0 Å². The lowest BCUT2D eigenvalue weighted by molar-refractivity contribution is -0.127. The fourth-order valence-electron chi connectivity index (χ4n) is 4.06. The number of rotatable bonds is 10. The van der Waals surface area contributed by atoms with Crippen LogP contribution in [0.4, 0.5) is 11.4 Å². The number of para-hydroxylation sites is 1. The molecule has 1 amide bonds. The number of anilines is 2. The maximum Gasteiger partial charge on any atom is 0.320 e. The van der Waals surface area contributed by atoms with Crippen molar-refractivity contribution in [3.05, 3.63) is 60.2 Å². The van der Waals surface area contributed by atoms with Gasteiger partial charge in [-0.2, -0.15) is 8.42 Å². The molecule has 188 valence electrons. The molecule has 1 atom stereocenters. The third kappa shape index (κ3) is 6.34. The van der Waals surface area contributed by atoms with Crippen molar-refractivity contribution in [3.8, 4) is 0 Å². The van der Waals surface area contributed by atoms with Gasteiger partial charge >= 0.3 is 9.15 Å². The van der Waals surface area contributed by atoms with Gasteiger partial charge in [-0.25, -0.2) is 0 Å². The number of carbonyl (C=O) groups is 1. The number of hydrogen-bond acceptors (Lipinski definition) is 8. The smallest absolute Gasteiger partial charge is 0.320 e. The van der Waals surface area contributed by atoms with Gasteiger partial charge in [-0.15, -0.1) is 0 Å². The van der Waals surface area contributed by atoms with Crippen molar-refractivity contribution in [2.24, 2.45) is 0 Å². The van der Waals surface area contributed by atoms with E-state index in [0.717, 1.165) is 30.8 Å². The molecule has 2 aromatic carbocycles. The van der Waals surface area contributed by atoms with Crippen LogP contribution >= 0.6 is 22.6 Å². The van der Waals surface area contributed by atoms with Crippen LogP contribution < -0.4 is 9.80 Å². The van der Waals surface area contributed by atoms with E-state index in [4.69, 9.17) is 9.29 Å². The Labute approximate surface area is 214 Å². The van der Waals surface area contributed by atoms with E-state index >= 15 is 0 Å². The highest BCUT2D eigenvalue weighted by Crippen LogP contribution is 2.53. The third-order valence-corrected chi connectivity index (χ3v) is 9.22. The second-order valence-electron chi connectivity index (χ2n) is 8.41. The molecule has 8 nitrogen and oxygen atoms in total. The Balaban J connectivity index is 1.28. The Kier molecular flexibility index (Phi) is 8.02. The fourth-order valence-corrected chi connectivity index (χ4v) is 6.60. The van der Waals surface area contributed by atoms with Gasteiger partial charge in [-0.05, 0) is 42.3 Å². The molecule has 2 aromatic rings. The van der Waals surface area contributed by atoms with Crippen molar-refractivity contribution >= 4 is 55.1 Å². The van der Waals surface area contributed by atoms with E-state index in [1.807, 2.05) is 7.05 Å². The van der Waals surface area contributed by atoms with E-state index in [-0.39, 0.29) is 22.5 Å². The molecule has 35 heavy (non-hydrogen) atoms. The molecule has 1 saturated heterocycles. The Hall–Kier alpha value is -2.18. The largest absolute Gasteiger partial charge is 0.375 e. The predicted octanol–water partition coefficient (Wildman–Crippen LogP) is 3.82. The summed E-state index contributed by atoms with van der Waals surface area (Å²) in [6, 6.07) is 16.7. The molecule has 2 aliphatic heterocycles. The molecular weight excluding hydrogens is 506 g/mol. The van der Waals surface area contributed by atoms with Gasteiger partial charge in [-0.1, -0.05) is 42.1 Å².